The highest BCUT2D eigenvalue weighted by atomic mass is 16.5. The van der Waals surface area contributed by atoms with Crippen LogP contribution in [0.1, 0.15) is 46.0 Å². The number of aliphatic carboxylic acids is 1. The topological polar surface area (TPSA) is 63.6 Å². The molecule has 0 saturated heterocycles. The van der Waals surface area contributed by atoms with E-state index < -0.39 is 17.9 Å². The monoisotopic (exact) mass is 216 g/mol. The minimum Gasteiger partial charge on any atom is -0.481 e. The van der Waals surface area contributed by atoms with E-state index in [1.807, 2.05) is 0 Å². The van der Waals surface area contributed by atoms with Gasteiger partial charge in [-0.15, -0.1) is 0 Å². The summed E-state index contributed by atoms with van der Waals surface area (Å²) in [5.41, 5.74) is 0. The Bertz CT molecular complexity index is 201. The van der Waals surface area contributed by atoms with Crippen LogP contribution in [-0.4, -0.2) is 23.7 Å². The Morgan fingerprint density at radius 3 is 2.33 bits per heavy atom. The van der Waals surface area contributed by atoms with Crippen molar-refractivity contribution in [2.45, 2.75) is 46.0 Å². The van der Waals surface area contributed by atoms with Crippen LogP contribution in [0.5, 0.6) is 0 Å². The summed E-state index contributed by atoms with van der Waals surface area (Å²) in [6.45, 7) is 3.99. The number of ether oxygens (including phenoxy) is 1. The molecular formula is C11H20O4. The van der Waals surface area contributed by atoms with Crippen LogP contribution in [0.3, 0.4) is 0 Å². The first-order chi connectivity index (χ1) is 7.13. The molecule has 0 radical (unpaired) electrons. The van der Waals surface area contributed by atoms with Crippen molar-refractivity contribution in [3.05, 3.63) is 0 Å². The minimum absolute atomic E-state index is 0.234. The molecule has 0 amide bonds. The Labute approximate surface area is 90.6 Å². The number of esters is 1. The third kappa shape index (κ3) is 6.10. The van der Waals surface area contributed by atoms with Crippen molar-refractivity contribution in [2.24, 2.45) is 5.92 Å². The van der Waals surface area contributed by atoms with E-state index in [9.17, 15) is 9.59 Å². The molecular weight excluding hydrogens is 196 g/mol. The van der Waals surface area contributed by atoms with Gasteiger partial charge in [0.2, 0.25) is 0 Å². The summed E-state index contributed by atoms with van der Waals surface area (Å²) < 4.78 is 4.70. The van der Waals surface area contributed by atoms with Crippen LogP contribution in [0.4, 0.5) is 0 Å². The minimum atomic E-state index is -1.08. The number of unbranched alkanes of at least 4 members (excludes halogenated alkanes) is 3. The Hall–Kier alpha value is -1.06. The number of carbonyl (C=O) groups excluding carboxylic acids is 1. The molecule has 0 rings (SSSR count). The van der Waals surface area contributed by atoms with Gasteiger partial charge < -0.3 is 9.84 Å². The van der Waals surface area contributed by atoms with Crippen LogP contribution >= 0.6 is 0 Å². The summed E-state index contributed by atoms with van der Waals surface area (Å²) in [6, 6.07) is 0. The van der Waals surface area contributed by atoms with Gasteiger partial charge in [-0.25, -0.2) is 0 Å². The maximum Gasteiger partial charge on any atom is 0.320 e. The van der Waals surface area contributed by atoms with Crippen LogP contribution in [0.15, 0.2) is 0 Å². The number of rotatable bonds is 8. The molecule has 0 bridgehead atoms. The summed E-state index contributed by atoms with van der Waals surface area (Å²) in [6.07, 6.45) is 4.30. The second-order valence-electron chi connectivity index (χ2n) is 3.49. The number of carbonyl (C=O) groups is 2. The highest BCUT2D eigenvalue weighted by Gasteiger charge is 2.26. The Morgan fingerprint density at radius 2 is 1.87 bits per heavy atom. The average molecular weight is 216 g/mol. The van der Waals surface area contributed by atoms with Gasteiger partial charge >= 0.3 is 11.9 Å². The van der Waals surface area contributed by atoms with Crippen LogP contribution in [0.25, 0.3) is 0 Å². The van der Waals surface area contributed by atoms with Gasteiger partial charge in [-0.1, -0.05) is 32.6 Å². The standard InChI is InChI=1S/C11H20O4/c1-3-5-6-7-8-9(10(12)13)11(14)15-4-2/h9H,3-8H2,1-2H3,(H,12,13). The quantitative estimate of drug-likeness (QED) is 0.384. The molecule has 4 nitrogen and oxygen atoms in total. The summed E-state index contributed by atoms with van der Waals surface area (Å²) in [5.74, 6) is -2.67. The van der Waals surface area contributed by atoms with Gasteiger partial charge in [0.15, 0.2) is 5.92 Å². The van der Waals surface area contributed by atoms with Gasteiger partial charge in [0.25, 0.3) is 0 Å². The molecule has 0 saturated carbocycles. The third-order valence-electron chi connectivity index (χ3n) is 2.22. The number of carboxylic acid groups (broad SMARTS) is 1. The van der Waals surface area contributed by atoms with E-state index in [4.69, 9.17) is 9.84 Å². The van der Waals surface area contributed by atoms with E-state index in [1.54, 1.807) is 6.92 Å². The van der Waals surface area contributed by atoms with Gasteiger partial charge in [-0.05, 0) is 13.3 Å². The van der Waals surface area contributed by atoms with Crippen LogP contribution < -0.4 is 0 Å². The van der Waals surface area contributed by atoms with Gasteiger partial charge in [-0.2, -0.15) is 0 Å². The van der Waals surface area contributed by atoms with E-state index in [0.29, 0.717) is 6.42 Å². The predicted molar refractivity (Wildman–Crippen MR) is 56.5 cm³/mol. The lowest BCUT2D eigenvalue weighted by Crippen LogP contribution is -2.25. The second kappa shape index (κ2) is 8.26. The molecule has 1 atom stereocenters. The first kappa shape index (κ1) is 13.9. The van der Waals surface area contributed by atoms with Gasteiger partial charge in [0, 0.05) is 0 Å². The van der Waals surface area contributed by atoms with Crippen molar-refractivity contribution < 1.29 is 19.4 Å². The Balaban J connectivity index is 3.94. The van der Waals surface area contributed by atoms with Crippen molar-refractivity contribution >= 4 is 11.9 Å². The van der Waals surface area contributed by atoms with Crippen molar-refractivity contribution in [3.8, 4) is 0 Å². The molecule has 0 aliphatic carbocycles. The van der Waals surface area contributed by atoms with Gasteiger partial charge in [0.1, 0.15) is 0 Å². The molecule has 88 valence electrons. The Kier molecular flexibility index (Phi) is 7.68. The lowest BCUT2D eigenvalue weighted by Gasteiger charge is -2.10. The largest absolute Gasteiger partial charge is 0.481 e. The zero-order valence-corrected chi connectivity index (χ0v) is 9.49. The molecule has 0 fully saturated rings. The summed E-state index contributed by atoms with van der Waals surface area (Å²) in [7, 11) is 0. The highest BCUT2D eigenvalue weighted by Crippen LogP contribution is 2.13. The highest BCUT2D eigenvalue weighted by molar-refractivity contribution is 5.93. The van der Waals surface area contributed by atoms with E-state index in [1.165, 1.54) is 0 Å². The fourth-order valence-corrected chi connectivity index (χ4v) is 1.36. The van der Waals surface area contributed by atoms with Crippen molar-refractivity contribution in [2.75, 3.05) is 6.61 Å². The average Bonchev–Trinajstić information content (AvgIpc) is 2.17. The summed E-state index contributed by atoms with van der Waals surface area (Å²) in [4.78, 5) is 22.0. The molecule has 1 N–H and O–H groups in total. The van der Waals surface area contributed by atoms with E-state index in [2.05, 4.69) is 6.92 Å². The van der Waals surface area contributed by atoms with Gasteiger partial charge in [0.05, 0.1) is 6.61 Å². The fraction of sp³-hybridized carbons (Fsp3) is 0.818. The maximum absolute atomic E-state index is 11.2. The zero-order valence-electron chi connectivity index (χ0n) is 9.49. The zero-order chi connectivity index (χ0) is 11.7. The van der Waals surface area contributed by atoms with Crippen molar-refractivity contribution in [1.82, 2.24) is 0 Å². The molecule has 0 aliphatic rings. The van der Waals surface area contributed by atoms with Crippen molar-refractivity contribution in [3.63, 3.8) is 0 Å². The van der Waals surface area contributed by atoms with E-state index >= 15 is 0 Å². The second-order valence-corrected chi connectivity index (χ2v) is 3.49. The molecule has 0 aromatic rings. The number of hydrogen-bond acceptors (Lipinski definition) is 3. The maximum atomic E-state index is 11.2. The molecule has 15 heavy (non-hydrogen) atoms. The molecule has 0 heterocycles. The molecule has 1 unspecified atom stereocenters. The first-order valence-corrected chi connectivity index (χ1v) is 5.52. The fourth-order valence-electron chi connectivity index (χ4n) is 1.36. The van der Waals surface area contributed by atoms with Crippen molar-refractivity contribution in [1.29, 1.82) is 0 Å². The van der Waals surface area contributed by atoms with Crippen LogP contribution in [-0.2, 0) is 14.3 Å². The van der Waals surface area contributed by atoms with E-state index in [0.717, 1.165) is 25.7 Å². The van der Waals surface area contributed by atoms with Crippen LogP contribution in [0.2, 0.25) is 0 Å². The predicted octanol–water partition coefficient (Wildman–Crippen LogP) is 2.22. The number of hydrogen-bond donors (Lipinski definition) is 1. The van der Waals surface area contributed by atoms with E-state index in [-0.39, 0.29) is 6.61 Å². The normalized spacial score (nSPS) is 12.1. The summed E-state index contributed by atoms with van der Waals surface area (Å²) >= 11 is 0. The molecule has 0 spiro atoms. The first-order valence-electron chi connectivity index (χ1n) is 5.52. The van der Waals surface area contributed by atoms with Gasteiger partial charge in [-0.3, -0.25) is 9.59 Å². The molecule has 0 aromatic heterocycles. The lowest BCUT2D eigenvalue weighted by molar-refractivity contribution is -0.158. The van der Waals surface area contributed by atoms with Crippen LogP contribution in [0, 0.1) is 5.92 Å². The number of carboxylic acids is 1. The molecule has 0 aliphatic heterocycles. The lowest BCUT2D eigenvalue weighted by atomic mass is 10.0. The molecule has 0 aromatic carbocycles. The third-order valence-corrected chi connectivity index (χ3v) is 2.22. The Morgan fingerprint density at radius 1 is 1.20 bits per heavy atom. The smallest absolute Gasteiger partial charge is 0.320 e. The SMILES string of the molecule is CCCCCCC(C(=O)O)C(=O)OCC. The summed E-state index contributed by atoms with van der Waals surface area (Å²) in [5, 5.41) is 8.83. The molecule has 4 heteroatoms.